The van der Waals surface area contributed by atoms with Crippen molar-refractivity contribution < 1.29 is 27.2 Å². The van der Waals surface area contributed by atoms with Gasteiger partial charge in [0, 0.05) is 18.3 Å². The first kappa shape index (κ1) is 26.0. The van der Waals surface area contributed by atoms with Crippen LogP contribution in [0.3, 0.4) is 0 Å². The van der Waals surface area contributed by atoms with Gasteiger partial charge in [0.25, 0.3) is 0 Å². The quantitative estimate of drug-likeness (QED) is 0.296. The highest BCUT2D eigenvalue weighted by Crippen LogP contribution is 2.33. The van der Waals surface area contributed by atoms with Crippen LogP contribution in [0.4, 0.5) is 18.9 Å². The van der Waals surface area contributed by atoms with E-state index < -0.39 is 22.9 Å². The Bertz CT molecular complexity index is 1320. The maximum atomic E-state index is 13.1. The van der Waals surface area contributed by atoms with Crippen molar-refractivity contribution in [3.63, 3.8) is 0 Å². The minimum absolute atomic E-state index is 0.00796. The van der Waals surface area contributed by atoms with Gasteiger partial charge in [0.1, 0.15) is 11.0 Å². The van der Waals surface area contributed by atoms with Crippen LogP contribution >= 0.6 is 11.8 Å². The summed E-state index contributed by atoms with van der Waals surface area (Å²) in [4.78, 5) is 27.0. The maximum absolute atomic E-state index is 13.1. The number of amidine groups is 1. The second kappa shape index (κ2) is 11.7. The zero-order valence-electron chi connectivity index (χ0n) is 19.3. The Labute approximate surface area is 214 Å². The number of hydrogen-bond acceptors (Lipinski definition) is 6. The van der Waals surface area contributed by atoms with E-state index in [1.807, 2.05) is 36.4 Å². The molecule has 0 spiro atoms. The third-order valence-corrected chi connectivity index (χ3v) is 6.31. The Balaban J connectivity index is 1.44. The van der Waals surface area contributed by atoms with Gasteiger partial charge in [0.05, 0.1) is 18.4 Å². The zero-order valence-corrected chi connectivity index (χ0v) is 20.1. The summed E-state index contributed by atoms with van der Waals surface area (Å²) in [5, 5.41) is 10.1. The highest BCUT2D eigenvalue weighted by Gasteiger charge is 2.40. The Hall–Kier alpha value is -4.12. The van der Waals surface area contributed by atoms with Gasteiger partial charge >= 0.3 is 6.18 Å². The number of rotatable bonds is 8. The molecule has 2 aromatic carbocycles. The normalized spacial score (nSPS) is 17.4. The van der Waals surface area contributed by atoms with Crippen molar-refractivity contribution in [3.05, 3.63) is 96.0 Å². The minimum atomic E-state index is -4.54. The fraction of sp³-hybridized carbons (Fsp3) is 0.154. The summed E-state index contributed by atoms with van der Waals surface area (Å²) < 4.78 is 44.2. The number of alkyl halides is 3. The third kappa shape index (κ3) is 7.20. The molecule has 7 nitrogen and oxygen atoms in total. The maximum Gasteiger partial charge on any atom is 0.416 e. The van der Waals surface area contributed by atoms with Gasteiger partial charge in [0.2, 0.25) is 11.8 Å². The SMILES string of the molecule is O=C(CC1S\C(=N/N=C\C=C\c2ccccc2)N(Cc2ccco2)C1=O)Nc1cccc(C(F)(F)F)c1. The summed E-state index contributed by atoms with van der Waals surface area (Å²) in [6, 6.07) is 17.3. The fourth-order valence-electron chi connectivity index (χ4n) is 3.41. The van der Waals surface area contributed by atoms with Crippen LogP contribution < -0.4 is 5.32 Å². The average molecular weight is 527 g/mol. The molecule has 190 valence electrons. The summed E-state index contributed by atoms with van der Waals surface area (Å²) in [6.45, 7) is 0.0960. The van der Waals surface area contributed by atoms with Crippen molar-refractivity contribution in [1.29, 1.82) is 0 Å². The summed E-state index contributed by atoms with van der Waals surface area (Å²) in [5.41, 5.74) is 0.0968. The molecule has 0 bridgehead atoms. The molecule has 1 fully saturated rings. The van der Waals surface area contributed by atoms with E-state index in [2.05, 4.69) is 15.5 Å². The minimum Gasteiger partial charge on any atom is -0.467 e. The van der Waals surface area contributed by atoms with Gasteiger partial charge in [-0.15, -0.1) is 5.10 Å². The van der Waals surface area contributed by atoms with Crippen molar-refractivity contribution in [3.8, 4) is 0 Å². The van der Waals surface area contributed by atoms with Gasteiger partial charge < -0.3 is 9.73 Å². The Morgan fingerprint density at radius 2 is 1.92 bits per heavy atom. The number of amides is 2. The summed E-state index contributed by atoms with van der Waals surface area (Å²) in [7, 11) is 0. The number of furan rings is 1. The molecule has 1 aliphatic rings. The van der Waals surface area contributed by atoms with Crippen molar-refractivity contribution >= 4 is 46.7 Å². The van der Waals surface area contributed by atoms with Crippen molar-refractivity contribution in [2.24, 2.45) is 10.2 Å². The van der Waals surface area contributed by atoms with Crippen LogP contribution in [0, 0.1) is 0 Å². The number of benzene rings is 2. The molecule has 1 saturated heterocycles. The first-order chi connectivity index (χ1) is 17.8. The fourth-order valence-corrected chi connectivity index (χ4v) is 4.51. The van der Waals surface area contributed by atoms with Gasteiger partial charge in [0.15, 0.2) is 5.17 Å². The number of allylic oxidation sites excluding steroid dienone is 1. The number of nitrogens with one attached hydrogen (secondary N) is 1. The first-order valence-corrected chi connectivity index (χ1v) is 12.0. The topological polar surface area (TPSA) is 87.3 Å². The molecule has 0 aliphatic carbocycles. The molecule has 4 rings (SSSR count). The second-order valence-corrected chi connectivity index (χ2v) is 9.03. The van der Waals surface area contributed by atoms with E-state index in [1.165, 1.54) is 29.5 Å². The first-order valence-electron chi connectivity index (χ1n) is 11.1. The van der Waals surface area contributed by atoms with E-state index in [0.717, 1.165) is 29.5 Å². The van der Waals surface area contributed by atoms with Gasteiger partial charge in [-0.2, -0.15) is 18.3 Å². The van der Waals surface area contributed by atoms with E-state index in [1.54, 1.807) is 18.2 Å². The number of anilines is 1. The standard InChI is InChI=1S/C26H21F3N4O3S/c27-26(28,29)19-10-4-11-20(15-19)31-23(34)16-22-24(35)33(17-21-12-6-14-36-21)25(37-22)32-30-13-5-9-18-7-2-1-3-8-18/h1-15,22H,16-17H2,(H,31,34)/b9-5+,30-13-,32-25-. The van der Waals surface area contributed by atoms with Crippen molar-refractivity contribution in [1.82, 2.24) is 4.90 Å². The molecule has 37 heavy (non-hydrogen) atoms. The predicted octanol–water partition coefficient (Wildman–Crippen LogP) is 5.83. The number of carbonyl (C=O) groups is 2. The van der Waals surface area contributed by atoms with Gasteiger partial charge in [-0.25, -0.2) is 0 Å². The molecule has 1 atom stereocenters. The molecule has 1 N–H and O–H groups in total. The van der Waals surface area contributed by atoms with E-state index in [-0.39, 0.29) is 29.7 Å². The van der Waals surface area contributed by atoms with Crippen LogP contribution in [0.1, 0.15) is 23.3 Å². The lowest BCUT2D eigenvalue weighted by Gasteiger charge is -2.14. The summed E-state index contributed by atoms with van der Waals surface area (Å²) in [6.07, 6.45) is 1.71. The number of halogens is 3. The van der Waals surface area contributed by atoms with Crippen LogP contribution in [0.2, 0.25) is 0 Å². The van der Waals surface area contributed by atoms with Crippen molar-refractivity contribution in [2.75, 3.05) is 5.32 Å². The van der Waals surface area contributed by atoms with Crippen LogP contribution in [-0.4, -0.2) is 33.3 Å². The van der Waals surface area contributed by atoms with Crippen LogP contribution in [0.25, 0.3) is 6.08 Å². The molecule has 1 aromatic heterocycles. The predicted molar refractivity (Wildman–Crippen MR) is 137 cm³/mol. The molecule has 0 saturated carbocycles. The Kier molecular flexibility index (Phi) is 8.24. The molecule has 0 radical (unpaired) electrons. The highest BCUT2D eigenvalue weighted by atomic mass is 32.2. The molecule has 2 heterocycles. The lowest BCUT2D eigenvalue weighted by molar-refractivity contribution is -0.137. The van der Waals surface area contributed by atoms with Crippen molar-refractivity contribution in [2.45, 2.75) is 24.4 Å². The van der Waals surface area contributed by atoms with Gasteiger partial charge in [-0.1, -0.05) is 54.2 Å². The smallest absolute Gasteiger partial charge is 0.416 e. The molecule has 11 heteroatoms. The van der Waals surface area contributed by atoms with Gasteiger partial charge in [-0.05, 0) is 42.0 Å². The molecule has 2 amide bonds. The molecule has 3 aromatic rings. The molecular weight excluding hydrogens is 505 g/mol. The largest absolute Gasteiger partial charge is 0.467 e. The van der Waals surface area contributed by atoms with Crippen LogP contribution in [-0.2, 0) is 22.3 Å². The number of thioether (sulfide) groups is 1. The average Bonchev–Trinajstić information content (AvgIpc) is 3.48. The lowest BCUT2D eigenvalue weighted by Crippen LogP contribution is -2.33. The van der Waals surface area contributed by atoms with Gasteiger partial charge in [-0.3, -0.25) is 14.5 Å². The number of hydrogen-bond donors (Lipinski definition) is 1. The second-order valence-electron chi connectivity index (χ2n) is 7.86. The zero-order chi connectivity index (χ0) is 26.3. The Morgan fingerprint density at radius 3 is 2.65 bits per heavy atom. The number of carbonyl (C=O) groups excluding carboxylic acids is 2. The lowest BCUT2D eigenvalue weighted by atomic mass is 10.2. The third-order valence-electron chi connectivity index (χ3n) is 5.14. The van der Waals surface area contributed by atoms with E-state index in [0.29, 0.717) is 5.76 Å². The monoisotopic (exact) mass is 526 g/mol. The van der Waals surface area contributed by atoms with Crippen LogP contribution in [0.15, 0.2) is 93.7 Å². The molecule has 1 aliphatic heterocycles. The van der Waals surface area contributed by atoms with E-state index in [4.69, 9.17) is 4.42 Å². The highest BCUT2D eigenvalue weighted by molar-refractivity contribution is 8.15. The summed E-state index contributed by atoms with van der Waals surface area (Å²) >= 11 is 1.06. The summed E-state index contributed by atoms with van der Waals surface area (Å²) in [5.74, 6) is -0.461. The van der Waals surface area contributed by atoms with E-state index in [9.17, 15) is 22.8 Å². The number of nitrogens with zero attached hydrogens (tertiary/aromatic N) is 3. The molecule has 1 unspecified atom stereocenters. The molecular formula is C26H21F3N4O3S. The Morgan fingerprint density at radius 1 is 1.11 bits per heavy atom. The van der Waals surface area contributed by atoms with E-state index >= 15 is 0 Å². The van der Waals surface area contributed by atoms with Crippen LogP contribution in [0.5, 0.6) is 0 Å².